The third-order valence-corrected chi connectivity index (χ3v) is 2.25. The molecule has 0 amide bonds. The van der Waals surface area contributed by atoms with Crippen LogP contribution in [0.2, 0.25) is 0 Å². The molecule has 15 heavy (non-hydrogen) atoms. The molecule has 0 fully saturated rings. The van der Waals surface area contributed by atoms with Crippen LogP contribution in [0.3, 0.4) is 0 Å². The first-order chi connectivity index (χ1) is 7.22. The summed E-state index contributed by atoms with van der Waals surface area (Å²) in [4.78, 5) is 0. The summed E-state index contributed by atoms with van der Waals surface area (Å²) >= 11 is 0. The van der Waals surface area contributed by atoms with Crippen LogP contribution in [0.25, 0.3) is 0 Å². The van der Waals surface area contributed by atoms with Gasteiger partial charge in [0.15, 0.2) is 0 Å². The Hall–Kier alpha value is -0.900. The average Bonchev–Trinajstić information content (AvgIpc) is 2.63. The van der Waals surface area contributed by atoms with E-state index in [1.807, 2.05) is 10.9 Å². The summed E-state index contributed by atoms with van der Waals surface area (Å²) in [7, 11) is 0. The zero-order valence-corrected chi connectivity index (χ0v) is 10.0. The number of nitrogens with zero attached hydrogens (tertiary/aromatic N) is 3. The van der Waals surface area contributed by atoms with Crippen LogP contribution in [0.15, 0.2) is 6.20 Å². The SMILES string of the molecule is CCCNCc1cn(CCC(C)C)nn1. The predicted molar refractivity (Wildman–Crippen MR) is 61.5 cm³/mol. The molecule has 86 valence electrons. The van der Waals surface area contributed by atoms with Crippen molar-refractivity contribution < 1.29 is 0 Å². The van der Waals surface area contributed by atoms with Gasteiger partial charge in [-0.15, -0.1) is 5.10 Å². The van der Waals surface area contributed by atoms with E-state index < -0.39 is 0 Å². The third-order valence-electron chi connectivity index (χ3n) is 2.25. The van der Waals surface area contributed by atoms with Crippen LogP contribution >= 0.6 is 0 Å². The van der Waals surface area contributed by atoms with Crippen LogP contribution in [-0.2, 0) is 13.1 Å². The molecule has 0 radical (unpaired) electrons. The fraction of sp³-hybridized carbons (Fsp3) is 0.818. The highest BCUT2D eigenvalue weighted by molar-refractivity contribution is 4.91. The molecule has 0 saturated heterocycles. The molecule has 0 unspecified atom stereocenters. The first-order valence-electron chi connectivity index (χ1n) is 5.82. The molecule has 0 saturated carbocycles. The fourth-order valence-electron chi connectivity index (χ4n) is 1.31. The van der Waals surface area contributed by atoms with Crippen LogP contribution in [0, 0.1) is 5.92 Å². The van der Waals surface area contributed by atoms with Crippen molar-refractivity contribution in [3.63, 3.8) is 0 Å². The summed E-state index contributed by atoms with van der Waals surface area (Å²) in [5.74, 6) is 0.718. The van der Waals surface area contributed by atoms with Gasteiger partial charge in [-0.1, -0.05) is 26.0 Å². The van der Waals surface area contributed by atoms with Crippen LogP contribution in [-0.4, -0.2) is 21.5 Å². The van der Waals surface area contributed by atoms with Gasteiger partial charge in [-0.05, 0) is 25.3 Å². The molecule has 1 N–H and O–H groups in total. The lowest BCUT2D eigenvalue weighted by atomic mass is 10.1. The maximum Gasteiger partial charge on any atom is 0.0964 e. The summed E-state index contributed by atoms with van der Waals surface area (Å²) in [5, 5.41) is 11.5. The Kier molecular flexibility index (Phi) is 5.32. The molecular formula is C11H22N4. The van der Waals surface area contributed by atoms with E-state index in [1.165, 1.54) is 0 Å². The largest absolute Gasteiger partial charge is 0.311 e. The molecule has 0 spiro atoms. The van der Waals surface area contributed by atoms with Crippen LogP contribution in [0.5, 0.6) is 0 Å². The van der Waals surface area contributed by atoms with Gasteiger partial charge < -0.3 is 5.32 Å². The number of nitrogens with one attached hydrogen (secondary N) is 1. The van der Waals surface area contributed by atoms with Crippen molar-refractivity contribution in [3.05, 3.63) is 11.9 Å². The topological polar surface area (TPSA) is 42.7 Å². The highest BCUT2D eigenvalue weighted by Crippen LogP contribution is 2.02. The molecule has 0 aliphatic rings. The zero-order chi connectivity index (χ0) is 11.1. The lowest BCUT2D eigenvalue weighted by Gasteiger charge is -2.02. The maximum atomic E-state index is 4.12. The molecule has 1 heterocycles. The quantitative estimate of drug-likeness (QED) is 0.698. The van der Waals surface area contributed by atoms with Crippen molar-refractivity contribution in [1.82, 2.24) is 20.3 Å². The van der Waals surface area contributed by atoms with Crippen LogP contribution in [0.4, 0.5) is 0 Å². The van der Waals surface area contributed by atoms with E-state index in [2.05, 4.69) is 36.4 Å². The first-order valence-corrected chi connectivity index (χ1v) is 5.82. The van der Waals surface area contributed by atoms with Crippen molar-refractivity contribution >= 4 is 0 Å². The minimum absolute atomic E-state index is 0.718. The second-order valence-electron chi connectivity index (χ2n) is 4.33. The van der Waals surface area contributed by atoms with E-state index in [0.717, 1.165) is 44.1 Å². The van der Waals surface area contributed by atoms with E-state index in [9.17, 15) is 0 Å². The number of aryl methyl sites for hydroxylation is 1. The smallest absolute Gasteiger partial charge is 0.0964 e. The molecular weight excluding hydrogens is 188 g/mol. The van der Waals surface area contributed by atoms with Gasteiger partial charge in [0, 0.05) is 19.3 Å². The van der Waals surface area contributed by atoms with Crippen molar-refractivity contribution in [2.75, 3.05) is 6.54 Å². The molecule has 0 aliphatic carbocycles. The maximum absolute atomic E-state index is 4.12. The Morgan fingerprint density at radius 1 is 1.47 bits per heavy atom. The monoisotopic (exact) mass is 210 g/mol. The van der Waals surface area contributed by atoms with Crippen molar-refractivity contribution in [3.8, 4) is 0 Å². The molecule has 1 aromatic rings. The molecule has 1 rings (SSSR count). The summed E-state index contributed by atoms with van der Waals surface area (Å²) in [6.07, 6.45) is 4.34. The minimum atomic E-state index is 0.718. The third kappa shape index (κ3) is 4.93. The number of hydrogen-bond donors (Lipinski definition) is 1. The fourth-order valence-corrected chi connectivity index (χ4v) is 1.31. The number of rotatable bonds is 7. The van der Waals surface area contributed by atoms with Crippen LogP contribution < -0.4 is 5.32 Å². The van der Waals surface area contributed by atoms with Crippen molar-refractivity contribution in [2.45, 2.75) is 46.7 Å². The molecule has 0 aliphatic heterocycles. The summed E-state index contributed by atoms with van der Waals surface area (Å²) in [6, 6.07) is 0. The van der Waals surface area contributed by atoms with E-state index in [0.29, 0.717) is 0 Å². The molecule has 4 nitrogen and oxygen atoms in total. The second kappa shape index (κ2) is 6.56. The molecule has 0 aromatic carbocycles. The Morgan fingerprint density at radius 3 is 2.93 bits per heavy atom. The second-order valence-corrected chi connectivity index (χ2v) is 4.33. The van der Waals surface area contributed by atoms with E-state index >= 15 is 0 Å². The Bertz CT molecular complexity index is 267. The zero-order valence-electron chi connectivity index (χ0n) is 10.0. The normalized spacial score (nSPS) is 11.2. The Morgan fingerprint density at radius 2 is 2.27 bits per heavy atom. The Labute approximate surface area is 92.1 Å². The summed E-state index contributed by atoms with van der Waals surface area (Å²) in [6.45, 7) is 9.45. The standard InChI is InChI=1S/C11H22N4/c1-4-6-12-8-11-9-15(14-13-11)7-5-10(2)3/h9-10,12H,4-8H2,1-3H3. The van der Waals surface area contributed by atoms with Gasteiger partial charge in [0.1, 0.15) is 0 Å². The first kappa shape index (κ1) is 12.2. The predicted octanol–water partition coefficient (Wildman–Crippen LogP) is 1.82. The lowest BCUT2D eigenvalue weighted by molar-refractivity contribution is 0.478. The van der Waals surface area contributed by atoms with Gasteiger partial charge in [-0.3, -0.25) is 4.68 Å². The number of hydrogen-bond acceptors (Lipinski definition) is 3. The average molecular weight is 210 g/mol. The van der Waals surface area contributed by atoms with Gasteiger partial charge in [0.25, 0.3) is 0 Å². The van der Waals surface area contributed by atoms with E-state index in [4.69, 9.17) is 0 Å². The van der Waals surface area contributed by atoms with Gasteiger partial charge >= 0.3 is 0 Å². The van der Waals surface area contributed by atoms with Gasteiger partial charge in [-0.25, -0.2) is 0 Å². The number of aromatic nitrogens is 3. The summed E-state index contributed by atoms with van der Waals surface area (Å²) in [5.41, 5.74) is 1.03. The highest BCUT2D eigenvalue weighted by Gasteiger charge is 2.00. The lowest BCUT2D eigenvalue weighted by Crippen LogP contribution is -2.13. The van der Waals surface area contributed by atoms with Crippen LogP contribution in [0.1, 0.15) is 39.3 Å². The van der Waals surface area contributed by atoms with Gasteiger partial charge in [0.05, 0.1) is 5.69 Å². The molecule has 1 aromatic heterocycles. The van der Waals surface area contributed by atoms with Crippen molar-refractivity contribution in [2.24, 2.45) is 5.92 Å². The van der Waals surface area contributed by atoms with E-state index in [1.54, 1.807) is 0 Å². The minimum Gasteiger partial charge on any atom is -0.311 e. The Balaban J connectivity index is 2.29. The molecule has 0 bridgehead atoms. The van der Waals surface area contributed by atoms with E-state index in [-0.39, 0.29) is 0 Å². The van der Waals surface area contributed by atoms with Crippen molar-refractivity contribution in [1.29, 1.82) is 0 Å². The highest BCUT2D eigenvalue weighted by atomic mass is 15.4. The van der Waals surface area contributed by atoms with Gasteiger partial charge in [-0.2, -0.15) is 0 Å². The van der Waals surface area contributed by atoms with Gasteiger partial charge in [0.2, 0.25) is 0 Å². The molecule has 0 atom stereocenters. The molecule has 4 heteroatoms. The summed E-state index contributed by atoms with van der Waals surface area (Å²) < 4.78 is 1.93.